The number of nitrogens with one attached hydrogen (secondary N) is 2. The second-order valence-corrected chi connectivity index (χ2v) is 10.5. The maximum atomic E-state index is 12.4. The second kappa shape index (κ2) is 16.2. The lowest BCUT2D eigenvalue weighted by Crippen LogP contribution is -2.45. The molecule has 1 aliphatic heterocycles. The average molecular weight is 653 g/mol. The number of hydrogen-bond donors (Lipinski definition) is 2. The lowest BCUT2D eigenvalue weighted by atomic mass is 10.1. The van der Waals surface area contributed by atoms with E-state index in [1.807, 2.05) is 24.3 Å². The van der Waals surface area contributed by atoms with Gasteiger partial charge in [-0.2, -0.15) is 10.2 Å². The van der Waals surface area contributed by atoms with Crippen molar-refractivity contribution in [3.05, 3.63) is 119 Å². The molecular weight excluding hydrogens is 616 g/mol. The predicted molar refractivity (Wildman–Crippen MR) is 179 cm³/mol. The van der Waals surface area contributed by atoms with Crippen molar-refractivity contribution in [2.24, 2.45) is 10.2 Å². The molecule has 0 aliphatic carbocycles. The molecular formula is C36H36N4O8. The lowest BCUT2D eigenvalue weighted by Gasteiger charge is -2.31. The Morgan fingerprint density at radius 1 is 0.542 bits per heavy atom. The molecule has 12 heteroatoms. The van der Waals surface area contributed by atoms with Crippen LogP contribution in [-0.2, 0) is 9.47 Å². The molecule has 1 aliphatic rings. The van der Waals surface area contributed by atoms with E-state index in [1.165, 1.54) is 0 Å². The van der Waals surface area contributed by atoms with E-state index >= 15 is 0 Å². The molecule has 0 aromatic heterocycles. The maximum Gasteiger partial charge on any atom is 0.271 e. The lowest BCUT2D eigenvalue weighted by molar-refractivity contribution is -0.271. The van der Waals surface area contributed by atoms with Crippen molar-refractivity contribution >= 4 is 23.2 Å². The van der Waals surface area contributed by atoms with Crippen LogP contribution in [0.15, 0.2) is 107 Å². The van der Waals surface area contributed by atoms with Gasteiger partial charge in [0, 0.05) is 11.1 Å². The summed E-state index contributed by atoms with van der Waals surface area (Å²) in [5.41, 5.74) is 8.90. The third kappa shape index (κ3) is 8.96. The van der Waals surface area contributed by atoms with Crippen molar-refractivity contribution < 1.29 is 38.0 Å². The Morgan fingerprint density at radius 3 is 1.19 bits per heavy atom. The topological polar surface area (TPSA) is 138 Å². The third-order valence-electron chi connectivity index (χ3n) is 7.27. The van der Waals surface area contributed by atoms with Gasteiger partial charge < -0.3 is 28.4 Å². The van der Waals surface area contributed by atoms with Gasteiger partial charge in [0.15, 0.2) is 0 Å². The first-order valence-corrected chi connectivity index (χ1v) is 15.1. The van der Waals surface area contributed by atoms with Crippen molar-refractivity contribution in [3.8, 4) is 23.0 Å². The van der Waals surface area contributed by atoms with Gasteiger partial charge in [0.2, 0.25) is 0 Å². The van der Waals surface area contributed by atoms with Gasteiger partial charge >= 0.3 is 0 Å². The minimum Gasteiger partial charge on any atom is -0.497 e. The number of carbonyl (C=O) groups excluding carboxylic acids is 2. The highest BCUT2D eigenvalue weighted by molar-refractivity contribution is 6.01. The number of benzene rings is 4. The molecule has 4 aromatic rings. The molecule has 12 nitrogen and oxygen atoms in total. The number of carbonyl (C=O) groups is 2. The summed E-state index contributed by atoms with van der Waals surface area (Å²) < 4.78 is 34.0. The SMILES string of the molecule is COc1ccc(C(=O)N/N=C(\C)c2ccc(OC3OCCOC3Oc3ccc(/C(C)=N/NC(=O)c4ccc(OC)cc4)cc3)cc2)cc1. The van der Waals surface area contributed by atoms with E-state index in [0.717, 1.165) is 11.1 Å². The molecule has 1 fully saturated rings. The van der Waals surface area contributed by atoms with Crippen LogP contribution in [-0.4, -0.2) is 63.3 Å². The number of hydrogen-bond acceptors (Lipinski definition) is 10. The maximum absolute atomic E-state index is 12.4. The predicted octanol–water partition coefficient (Wildman–Crippen LogP) is 5.17. The minimum atomic E-state index is -0.820. The van der Waals surface area contributed by atoms with Crippen LogP contribution >= 0.6 is 0 Å². The monoisotopic (exact) mass is 652 g/mol. The van der Waals surface area contributed by atoms with Gasteiger partial charge in [0.25, 0.3) is 24.4 Å². The van der Waals surface area contributed by atoms with Gasteiger partial charge in [-0.3, -0.25) is 9.59 Å². The van der Waals surface area contributed by atoms with Gasteiger partial charge in [-0.25, -0.2) is 10.9 Å². The van der Waals surface area contributed by atoms with Crippen molar-refractivity contribution in [1.82, 2.24) is 10.9 Å². The van der Waals surface area contributed by atoms with Crippen LogP contribution in [0, 0.1) is 0 Å². The van der Waals surface area contributed by atoms with Crippen LogP contribution in [0.2, 0.25) is 0 Å². The number of nitrogens with zero attached hydrogens (tertiary/aromatic N) is 2. The molecule has 1 heterocycles. The quantitative estimate of drug-likeness (QED) is 0.158. The molecule has 0 spiro atoms. The Bertz CT molecular complexity index is 1610. The number of amides is 2. The fourth-order valence-corrected chi connectivity index (χ4v) is 4.49. The van der Waals surface area contributed by atoms with Crippen LogP contribution in [0.3, 0.4) is 0 Å². The summed E-state index contributed by atoms with van der Waals surface area (Å²) in [5.74, 6) is 1.75. The molecule has 2 amide bonds. The van der Waals surface area contributed by atoms with E-state index in [0.29, 0.717) is 58.8 Å². The van der Waals surface area contributed by atoms with Crippen molar-refractivity contribution in [2.45, 2.75) is 26.4 Å². The summed E-state index contributed by atoms with van der Waals surface area (Å²) in [6.07, 6.45) is -1.64. The Balaban J connectivity index is 1.14. The Morgan fingerprint density at radius 2 is 0.854 bits per heavy atom. The average Bonchev–Trinajstić information content (AvgIpc) is 3.14. The standard InChI is InChI=1S/C36H36N4O8/c1-23(37-39-33(41)27-9-13-29(43-3)14-10-27)25-5-17-31(18-6-25)47-35-36(46-22-21-45-35)48-32-19-7-26(8-20-32)24(2)38-40-34(42)28-11-15-30(44-4)16-12-28/h5-20,35-36H,21-22H2,1-4H3,(H,39,41)(H,40,42)/b37-23+,38-24+. The number of rotatable bonds is 12. The number of hydrazone groups is 2. The third-order valence-corrected chi connectivity index (χ3v) is 7.27. The second-order valence-electron chi connectivity index (χ2n) is 10.5. The summed E-state index contributed by atoms with van der Waals surface area (Å²) in [5, 5.41) is 8.44. The highest BCUT2D eigenvalue weighted by Crippen LogP contribution is 2.23. The van der Waals surface area contributed by atoms with Crippen LogP contribution < -0.4 is 29.8 Å². The van der Waals surface area contributed by atoms with Crippen LogP contribution in [0.1, 0.15) is 45.7 Å². The zero-order valence-electron chi connectivity index (χ0n) is 27.0. The largest absolute Gasteiger partial charge is 0.497 e. The van der Waals surface area contributed by atoms with E-state index in [4.69, 9.17) is 28.4 Å². The number of methoxy groups -OCH3 is 2. The zero-order valence-corrected chi connectivity index (χ0v) is 27.0. The fourth-order valence-electron chi connectivity index (χ4n) is 4.49. The van der Waals surface area contributed by atoms with Crippen molar-refractivity contribution in [1.29, 1.82) is 0 Å². The Labute approximate surface area is 278 Å². The molecule has 248 valence electrons. The summed E-state index contributed by atoms with van der Waals surface area (Å²) in [6, 6.07) is 27.9. The molecule has 2 unspecified atom stereocenters. The molecule has 48 heavy (non-hydrogen) atoms. The molecule has 4 aromatic carbocycles. The zero-order chi connectivity index (χ0) is 33.9. The molecule has 1 saturated heterocycles. The Kier molecular flexibility index (Phi) is 11.4. The summed E-state index contributed by atoms with van der Waals surface area (Å²) in [4.78, 5) is 24.9. The molecule has 0 saturated carbocycles. The summed E-state index contributed by atoms with van der Waals surface area (Å²) >= 11 is 0. The van der Waals surface area contributed by atoms with Gasteiger partial charge in [-0.15, -0.1) is 0 Å². The van der Waals surface area contributed by atoms with E-state index in [9.17, 15) is 9.59 Å². The Hall–Kier alpha value is -5.72. The van der Waals surface area contributed by atoms with E-state index in [2.05, 4.69) is 21.1 Å². The van der Waals surface area contributed by atoms with Gasteiger partial charge in [0.1, 0.15) is 23.0 Å². The molecule has 0 bridgehead atoms. The van der Waals surface area contributed by atoms with Crippen LogP contribution in [0.4, 0.5) is 0 Å². The highest BCUT2D eigenvalue weighted by atomic mass is 16.8. The van der Waals surface area contributed by atoms with Gasteiger partial charge in [0.05, 0.1) is 38.9 Å². The van der Waals surface area contributed by atoms with E-state index in [1.54, 1.807) is 101 Å². The summed E-state index contributed by atoms with van der Waals surface area (Å²) in [7, 11) is 3.13. The fraction of sp³-hybridized carbons (Fsp3) is 0.222. The van der Waals surface area contributed by atoms with Crippen LogP contribution in [0.5, 0.6) is 23.0 Å². The van der Waals surface area contributed by atoms with Crippen molar-refractivity contribution in [3.63, 3.8) is 0 Å². The first-order valence-electron chi connectivity index (χ1n) is 15.1. The summed E-state index contributed by atoms with van der Waals surface area (Å²) in [6.45, 7) is 4.28. The van der Waals surface area contributed by atoms with E-state index < -0.39 is 12.6 Å². The first-order chi connectivity index (χ1) is 23.3. The minimum absolute atomic E-state index is 0.329. The molecule has 2 N–H and O–H groups in total. The molecule has 2 atom stereocenters. The van der Waals surface area contributed by atoms with Gasteiger partial charge in [-0.1, -0.05) is 0 Å². The van der Waals surface area contributed by atoms with Crippen LogP contribution in [0.25, 0.3) is 0 Å². The smallest absolute Gasteiger partial charge is 0.271 e. The van der Waals surface area contributed by atoms with Gasteiger partial charge in [-0.05, 0) is 122 Å². The first kappa shape index (κ1) is 33.6. The number of ether oxygens (including phenoxy) is 6. The normalized spacial score (nSPS) is 16.4. The van der Waals surface area contributed by atoms with Crippen molar-refractivity contribution in [2.75, 3.05) is 27.4 Å². The molecule has 0 radical (unpaired) electrons. The highest BCUT2D eigenvalue weighted by Gasteiger charge is 2.31. The molecule has 5 rings (SSSR count). The van der Waals surface area contributed by atoms with E-state index in [-0.39, 0.29) is 11.8 Å².